The number of fused-ring (bicyclic) bond motifs is 2. The SMILES string of the molecule is C=CCOc1cccc(C2c3c(oc4cc(C)cc(C)c4c3=O)C(=O)N2Cc2ccco2)c1. The van der Waals surface area contributed by atoms with E-state index in [-0.39, 0.29) is 23.6 Å². The van der Waals surface area contributed by atoms with Crippen LogP contribution in [0, 0.1) is 13.8 Å². The van der Waals surface area contributed by atoms with Crippen molar-refractivity contribution >= 4 is 16.9 Å². The largest absolute Gasteiger partial charge is 0.490 e. The molecule has 1 unspecified atom stereocenters. The zero-order valence-electron chi connectivity index (χ0n) is 18.5. The van der Waals surface area contributed by atoms with Gasteiger partial charge in [-0.05, 0) is 60.9 Å². The summed E-state index contributed by atoms with van der Waals surface area (Å²) >= 11 is 0. The Balaban J connectivity index is 1.73. The first-order valence-corrected chi connectivity index (χ1v) is 10.7. The third-order valence-corrected chi connectivity index (χ3v) is 5.86. The third-order valence-electron chi connectivity index (χ3n) is 5.86. The lowest BCUT2D eigenvalue weighted by Crippen LogP contribution is -2.29. The normalized spacial score (nSPS) is 15.2. The second kappa shape index (κ2) is 8.13. The van der Waals surface area contributed by atoms with Gasteiger partial charge in [0, 0.05) is 0 Å². The molecule has 0 radical (unpaired) electrons. The van der Waals surface area contributed by atoms with Gasteiger partial charge in [-0.1, -0.05) is 30.9 Å². The Labute approximate surface area is 190 Å². The second-order valence-corrected chi connectivity index (χ2v) is 8.22. The van der Waals surface area contributed by atoms with Crippen molar-refractivity contribution in [3.05, 3.63) is 111 Å². The van der Waals surface area contributed by atoms with E-state index in [2.05, 4.69) is 6.58 Å². The van der Waals surface area contributed by atoms with Crippen LogP contribution >= 0.6 is 0 Å². The van der Waals surface area contributed by atoms with Crippen LogP contribution < -0.4 is 10.2 Å². The van der Waals surface area contributed by atoms with Crippen molar-refractivity contribution in [2.24, 2.45) is 0 Å². The Morgan fingerprint density at radius 2 is 1.97 bits per heavy atom. The van der Waals surface area contributed by atoms with E-state index >= 15 is 0 Å². The number of ether oxygens (including phenoxy) is 1. The summed E-state index contributed by atoms with van der Waals surface area (Å²) in [5.74, 6) is 0.973. The fourth-order valence-corrected chi connectivity index (χ4v) is 4.52. The number of aryl methyl sites for hydroxylation is 2. The minimum atomic E-state index is -0.633. The molecule has 0 saturated carbocycles. The Morgan fingerprint density at radius 1 is 1.12 bits per heavy atom. The highest BCUT2D eigenvalue weighted by molar-refractivity contribution is 5.99. The summed E-state index contributed by atoms with van der Waals surface area (Å²) in [6, 6.07) is 14.1. The second-order valence-electron chi connectivity index (χ2n) is 8.22. The van der Waals surface area contributed by atoms with Gasteiger partial charge >= 0.3 is 0 Å². The van der Waals surface area contributed by atoms with E-state index in [1.54, 1.807) is 35.4 Å². The van der Waals surface area contributed by atoms with Crippen LogP contribution in [0.3, 0.4) is 0 Å². The Morgan fingerprint density at radius 3 is 2.73 bits per heavy atom. The van der Waals surface area contributed by atoms with Gasteiger partial charge < -0.3 is 18.5 Å². The van der Waals surface area contributed by atoms with Crippen molar-refractivity contribution in [1.29, 1.82) is 0 Å². The maximum atomic E-state index is 13.8. The molecule has 1 aliphatic heterocycles. The molecule has 0 aliphatic carbocycles. The average Bonchev–Trinajstić information content (AvgIpc) is 3.39. The minimum absolute atomic E-state index is 0.0754. The summed E-state index contributed by atoms with van der Waals surface area (Å²) in [7, 11) is 0. The lowest BCUT2D eigenvalue weighted by atomic mass is 9.96. The number of benzene rings is 2. The molecule has 4 aromatic rings. The zero-order chi connectivity index (χ0) is 23.1. The molecule has 166 valence electrons. The highest BCUT2D eigenvalue weighted by Gasteiger charge is 2.43. The number of carbonyl (C=O) groups is 1. The fourth-order valence-electron chi connectivity index (χ4n) is 4.52. The van der Waals surface area contributed by atoms with Crippen LogP contribution in [-0.2, 0) is 6.54 Å². The van der Waals surface area contributed by atoms with Crippen LogP contribution in [-0.4, -0.2) is 17.4 Å². The molecule has 1 aliphatic rings. The highest BCUT2D eigenvalue weighted by Crippen LogP contribution is 2.40. The first-order valence-electron chi connectivity index (χ1n) is 10.7. The van der Waals surface area contributed by atoms with Crippen molar-refractivity contribution in [2.75, 3.05) is 6.61 Å². The maximum absolute atomic E-state index is 13.8. The average molecular weight is 441 g/mol. The molecule has 0 N–H and O–H groups in total. The van der Waals surface area contributed by atoms with Crippen LogP contribution in [0.4, 0.5) is 0 Å². The molecule has 3 heterocycles. The molecular formula is C27H23NO5. The van der Waals surface area contributed by atoms with E-state index < -0.39 is 6.04 Å². The number of hydrogen-bond acceptors (Lipinski definition) is 5. The summed E-state index contributed by atoms with van der Waals surface area (Å²) in [6.45, 7) is 8.05. The van der Waals surface area contributed by atoms with Crippen molar-refractivity contribution in [1.82, 2.24) is 4.90 Å². The van der Waals surface area contributed by atoms with Gasteiger partial charge in [-0.2, -0.15) is 0 Å². The third kappa shape index (κ3) is 3.53. The number of nitrogens with zero attached hydrogens (tertiary/aromatic N) is 1. The van der Waals surface area contributed by atoms with Crippen LogP contribution in [0.2, 0.25) is 0 Å². The molecule has 33 heavy (non-hydrogen) atoms. The fraction of sp³-hybridized carbons (Fsp3) is 0.185. The summed E-state index contributed by atoms with van der Waals surface area (Å²) in [6.07, 6.45) is 3.22. The molecule has 6 heteroatoms. The predicted molar refractivity (Wildman–Crippen MR) is 125 cm³/mol. The molecule has 6 nitrogen and oxygen atoms in total. The zero-order valence-corrected chi connectivity index (χ0v) is 18.5. The van der Waals surface area contributed by atoms with Gasteiger partial charge in [-0.15, -0.1) is 0 Å². The predicted octanol–water partition coefficient (Wildman–Crippen LogP) is 5.31. The van der Waals surface area contributed by atoms with Crippen molar-refractivity contribution in [2.45, 2.75) is 26.4 Å². The van der Waals surface area contributed by atoms with Crippen molar-refractivity contribution in [3.8, 4) is 5.75 Å². The molecule has 1 amide bonds. The Bertz CT molecular complexity index is 1430. The van der Waals surface area contributed by atoms with E-state index in [0.29, 0.717) is 34.6 Å². The molecule has 5 rings (SSSR count). The van der Waals surface area contributed by atoms with Crippen LogP contribution in [0.25, 0.3) is 11.0 Å². The topological polar surface area (TPSA) is 72.9 Å². The molecule has 2 aromatic carbocycles. The van der Waals surface area contributed by atoms with E-state index in [0.717, 1.165) is 16.7 Å². The molecule has 2 aromatic heterocycles. The molecule has 1 atom stereocenters. The first-order chi connectivity index (χ1) is 16.0. The van der Waals surface area contributed by atoms with Gasteiger partial charge in [0.05, 0.1) is 29.8 Å². The molecule has 0 spiro atoms. The number of amides is 1. The van der Waals surface area contributed by atoms with Crippen molar-refractivity contribution in [3.63, 3.8) is 0 Å². The Kier molecular flexibility index (Phi) is 5.13. The number of carbonyl (C=O) groups excluding carboxylic acids is 1. The molecule has 0 saturated heterocycles. The van der Waals surface area contributed by atoms with Gasteiger partial charge in [0.2, 0.25) is 5.76 Å². The monoisotopic (exact) mass is 441 g/mol. The maximum Gasteiger partial charge on any atom is 0.291 e. The van der Waals surface area contributed by atoms with Crippen LogP contribution in [0.5, 0.6) is 5.75 Å². The number of hydrogen-bond donors (Lipinski definition) is 0. The molecule has 0 bridgehead atoms. The van der Waals surface area contributed by atoms with Gasteiger partial charge in [-0.25, -0.2) is 0 Å². The summed E-state index contributed by atoms with van der Waals surface area (Å²) < 4.78 is 17.3. The van der Waals surface area contributed by atoms with Gasteiger partial charge in [-0.3, -0.25) is 9.59 Å². The number of rotatable bonds is 6. The lowest BCUT2D eigenvalue weighted by Gasteiger charge is -2.24. The molecular weight excluding hydrogens is 418 g/mol. The van der Waals surface area contributed by atoms with Gasteiger partial charge in [0.1, 0.15) is 23.7 Å². The number of furan rings is 1. The standard InChI is InChI=1S/C27H23NO5/c1-4-10-31-19-8-5-7-18(14-19)24-23-25(29)22-17(3)12-16(2)13-21(22)33-26(23)27(30)28(24)15-20-9-6-11-32-20/h4-9,11-14,24H,1,10,15H2,2-3H3. The lowest BCUT2D eigenvalue weighted by molar-refractivity contribution is 0.0701. The quantitative estimate of drug-likeness (QED) is 0.379. The van der Waals surface area contributed by atoms with Crippen molar-refractivity contribution < 1.29 is 18.4 Å². The van der Waals surface area contributed by atoms with Gasteiger partial charge in [0.25, 0.3) is 5.91 Å². The highest BCUT2D eigenvalue weighted by atomic mass is 16.5. The van der Waals surface area contributed by atoms with E-state index in [1.165, 1.54) is 0 Å². The minimum Gasteiger partial charge on any atom is -0.490 e. The van der Waals surface area contributed by atoms with E-state index in [4.69, 9.17) is 13.6 Å². The van der Waals surface area contributed by atoms with Crippen LogP contribution in [0.1, 0.15) is 44.6 Å². The van der Waals surface area contributed by atoms with E-state index in [9.17, 15) is 9.59 Å². The van der Waals surface area contributed by atoms with Crippen LogP contribution in [0.15, 0.2) is 81.1 Å². The Hall–Kier alpha value is -4.06. The summed E-state index contributed by atoms with van der Waals surface area (Å²) in [5, 5.41) is 0.496. The first kappa shape index (κ1) is 20.8. The summed E-state index contributed by atoms with van der Waals surface area (Å²) in [4.78, 5) is 28.9. The van der Waals surface area contributed by atoms with Gasteiger partial charge in [0.15, 0.2) is 5.43 Å². The smallest absolute Gasteiger partial charge is 0.291 e. The van der Waals surface area contributed by atoms with E-state index in [1.807, 2.05) is 44.2 Å². The summed E-state index contributed by atoms with van der Waals surface area (Å²) in [5.41, 5.74) is 3.11. The molecule has 0 fully saturated rings.